The summed E-state index contributed by atoms with van der Waals surface area (Å²) in [6.45, 7) is 6.47. The van der Waals surface area contributed by atoms with Gasteiger partial charge in [0.1, 0.15) is 0 Å². The third-order valence-corrected chi connectivity index (χ3v) is 5.56. The number of benzene rings is 1. The molecule has 3 rings (SSSR count). The molecule has 1 aromatic carbocycles. The maximum Gasteiger partial charge on any atom is 0.223 e. The normalized spacial score (nSPS) is 21.5. The average molecular weight is 329 g/mol. The van der Waals surface area contributed by atoms with Crippen molar-refractivity contribution in [2.45, 2.75) is 45.1 Å². The molecule has 132 valence electrons. The Balaban J connectivity index is 1.54. The second-order valence-corrected chi connectivity index (χ2v) is 7.45. The summed E-state index contributed by atoms with van der Waals surface area (Å²) < 4.78 is 0. The first kappa shape index (κ1) is 17.3. The van der Waals surface area contributed by atoms with Gasteiger partial charge in [0.15, 0.2) is 0 Å². The molecule has 2 aliphatic heterocycles. The highest BCUT2D eigenvalue weighted by atomic mass is 16.1. The van der Waals surface area contributed by atoms with Gasteiger partial charge >= 0.3 is 0 Å². The fourth-order valence-electron chi connectivity index (χ4n) is 3.81. The van der Waals surface area contributed by atoms with E-state index in [-0.39, 0.29) is 17.9 Å². The van der Waals surface area contributed by atoms with Gasteiger partial charge in [-0.1, -0.05) is 12.1 Å². The van der Waals surface area contributed by atoms with Crippen molar-refractivity contribution in [2.24, 2.45) is 5.92 Å². The SMILES string of the molecule is CC(NC(=O)C1CCN(C)CC1)c1ccc(N2CCCCC2)cc1. The minimum Gasteiger partial charge on any atom is -0.372 e. The Morgan fingerprint density at radius 3 is 2.29 bits per heavy atom. The van der Waals surface area contributed by atoms with Crippen LogP contribution < -0.4 is 10.2 Å². The quantitative estimate of drug-likeness (QED) is 0.921. The maximum atomic E-state index is 12.5. The average Bonchev–Trinajstić information content (AvgIpc) is 2.63. The number of likely N-dealkylation sites (tertiary alicyclic amines) is 1. The fraction of sp³-hybridized carbons (Fsp3) is 0.650. The lowest BCUT2D eigenvalue weighted by atomic mass is 9.95. The predicted octanol–water partition coefficient (Wildman–Crippen LogP) is 3.20. The molecule has 0 aromatic heterocycles. The van der Waals surface area contributed by atoms with Crippen LogP contribution in [0.1, 0.15) is 50.6 Å². The van der Waals surface area contributed by atoms with Crippen molar-refractivity contribution < 1.29 is 4.79 Å². The molecule has 0 spiro atoms. The Labute approximate surface area is 146 Å². The van der Waals surface area contributed by atoms with E-state index >= 15 is 0 Å². The zero-order valence-electron chi connectivity index (χ0n) is 15.1. The van der Waals surface area contributed by atoms with E-state index < -0.39 is 0 Å². The molecule has 2 fully saturated rings. The van der Waals surface area contributed by atoms with E-state index in [0.717, 1.165) is 25.9 Å². The van der Waals surface area contributed by atoms with Gasteiger partial charge in [-0.25, -0.2) is 0 Å². The zero-order chi connectivity index (χ0) is 16.9. The maximum absolute atomic E-state index is 12.5. The molecule has 1 unspecified atom stereocenters. The molecule has 1 amide bonds. The summed E-state index contributed by atoms with van der Waals surface area (Å²) in [5, 5.41) is 3.21. The van der Waals surface area contributed by atoms with Gasteiger partial charge in [-0.2, -0.15) is 0 Å². The molecule has 4 nitrogen and oxygen atoms in total. The third-order valence-electron chi connectivity index (χ3n) is 5.56. The smallest absolute Gasteiger partial charge is 0.223 e. The van der Waals surface area contributed by atoms with Gasteiger partial charge in [-0.3, -0.25) is 4.79 Å². The van der Waals surface area contributed by atoms with E-state index in [2.05, 4.69) is 53.4 Å². The number of piperidine rings is 2. The molecule has 2 saturated heterocycles. The van der Waals surface area contributed by atoms with E-state index in [1.165, 1.54) is 43.6 Å². The molecule has 1 N–H and O–H groups in total. The summed E-state index contributed by atoms with van der Waals surface area (Å²) in [6, 6.07) is 8.83. The summed E-state index contributed by atoms with van der Waals surface area (Å²) in [4.78, 5) is 17.2. The molecule has 0 bridgehead atoms. The monoisotopic (exact) mass is 329 g/mol. The van der Waals surface area contributed by atoms with E-state index in [0.29, 0.717) is 0 Å². The number of carbonyl (C=O) groups is 1. The van der Waals surface area contributed by atoms with Gasteiger partial charge in [-0.05, 0) is 76.9 Å². The molecular formula is C20H31N3O. The van der Waals surface area contributed by atoms with Crippen LogP contribution in [0.4, 0.5) is 5.69 Å². The third kappa shape index (κ3) is 4.29. The van der Waals surface area contributed by atoms with Gasteiger partial charge in [0, 0.05) is 24.7 Å². The van der Waals surface area contributed by atoms with Crippen molar-refractivity contribution in [1.29, 1.82) is 0 Å². The first-order valence-corrected chi connectivity index (χ1v) is 9.47. The van der Waals surface area contributed by atoms with Crippen LogP contribution in [0.15, 0.2) is 24.3 Å². The second-order valence-electron chi connectivity index (χ2n) is 7.45. The standard InChI is InChI=1S/C20H31N3O/c1-16(21-20(24)18-10-14-22(2)15-11-18)17-6-8-19(9-7-17)23-12-4-3-5-13-23/h6-9,16,18H,3-5,10-15H2,1-2H3,(H,21,24). The van der Waals surface area contributed by atoms with Crippen molar-refractivity contribution in [3.63, 3.8) is 0 Å². The summed E-state index contributed by atoms with van der Waals surface area (Å²) >= 11 is 0. The van der Waals surface area contributed by atoms with Gasteiger partial charge in [0.05, 0.1) is 6.04 Å². The highest BCUT2D eigenvalue weighted by molar-refractivity contribution is 5.79. The molecule has 0 saturated carbocycles. The summed E-state index contributed by atoms with van der Waals surface area (Å²) in [5.41, 5.74) is 2.50. The Kier molecular flexibility index (Phi) is 5.77. The van der Waals surface area contributed by atoms with Gasteiger partial charge < -0.3 is 15.1 Å². The minimum absolute atomic E-state index is 0.0764. The first-order chi connectivity index (χ1) is 11.6. The Morgan fingerprint density at radius 2 is 1.67 bits per heavy atom. The number of rotatable bonds is 4. The fourth-order valence-corrected chi connectivity index (χ4v) is 3.81. The zero-order valence-corrected chi connectivity index (χ0v) is 15.1. The lowest BCUT2D eigenvalue weighted by Crippen LogP contribution is -2.39. The molecule has 1 aromatic rings. The first-order valence-electron chi connectivity index (χ1n) is 9.47. The molecular weight excluding hydrogens is 298 g/mol. The second kappa shape index (κ2) is 8.02. The highest BCUT2D eigenvalue weighted by Gasteiger charge is 2.24. The Morgan fingerprint density at radius 1 is 1.04 bits per heavy atom. The Hall–Kier alpha value is -1.55. The van der Waals surface area contributed by atoms with E-state index in [1.54, 1.807) is 0 Å². The topological polar surface area (TPSA) is 35.6 Å². The van der Waals surface area contributed by atoms with E-state index in [9.17, 15) is 4.79 Å². The van der Waals surface area contributed by atoms with Crippen LogP contribution in [-0.4, -0.2) is 44.0 Å². The molecule has 2 heterocycles. The number of anilines is 1. The Bertz CT molecular complexity index is 528. The number of amides is 1. The van der Waals surface area contributed by atoms with Gasteiger partial charge in [0.2, 0.25) is 5.91 Å². The summed E-state index contributed by atoms with van der Waals surface area (Å²) in [5.74, 6) is 0.395. The number of hydrogen-bond acceptors (Lipinski definition) is 3. The predicted molar refractivity (Wildman–Crippen MR) is 99.3 cm³/mol. The molecule has 24 heavy (non-hydrogen) atoms. The van der Waals surface area contributed by atoms with Crippen molar-refractivity contribution in [3.8, 4) is 0 Å². The molecule has 2 aliphatic rings. The lowest BCUT2D eigenvalue weighted by molar-refractivity contribution is -0.127. The van der Waals surface area contributed by atoms with Gasteiger partial charge in [-0.15, -0.1) is 0 Å². The van der Waals surface area contributed by atoms with Crippen LogP contribution in [0.2, 0.25) is 0 Å². The van der Waals surface area contributed by atoms with Crippen LogP contribution >= 0.6 is 0 Å². The van der Waals surface area contributed by atoms with Crippen LogP contribution in [-0.2, 0) is 4.79 Å². The molecule has 1 atom stereocenters. The van der Waals surface area contributed by atoms with E-state index in [1.807, 2.05) is 0 Å². The van der Waals surface area contributed by atoms with Crippen LogP contribution in [0.25, 0.3) is 0 Å². The number of hydrogen-bond donors (Lipinski definition) is 1. The number of nitrogens with zero attached hydrogens (tertiary/aromatic N) is 2. The summed E-state index contributed by atoms with van der Waals surface area (Å²) in [7, 11) is 2.13. The molecule has 0 radical (unpaired) electrons. The highest BCUT2D eigenvalue weighted by Crippen LogP contribution is 2.23. The molecule has 4 heteroatoms. The number of carbonyl (C=O) groups excluding carboxylic acids is 1. The van der Waals surface area contributed by atoms with Crippen LogP contribution in [0, 0.1) is 5.92 Å². The van der Waals surface area contributed by atoms with Crippen LogP contribution in [0.5, 0.6) is 0 Å². The lowest BCUT2D eigenvalue weighted by Gasteiger charge is -2.30. The van der Waals surface area contributed by atoms with Crippen molar-refractivity contribution in [1.82, 2.24) is 10.2 Å². The minimum atomic E-state index is 0.0764. The van der Waals surface area contributed by atoms with E-state index in [4.69, 9.17) is 0 Å². The number of nitrogens with one attached hydrogen (secondary N) is 1. The van der Waals surface area contributed by atoms with Crippen molar-refractivity contribution in [2.75, 3.05) is 38.1 Å². The largest absolute Gasteiger partial charge is 0.372 e. The molecule has 0 aliphatic carbocycles. The van der Waals surface area contributed by atoms with Crippen LogP contribution in [0.3, 0.4) is 0 Å². The summed E-state index contributed by atoms with van der Waals surface area (Å²) in [6.07, 6.45) is 5.90. The van der Waals surface area contributed by atoms with Crippen molar-refractivity contribution in [3.05, 3.63) is 29.8 Å². The van der Waals surface area contributed by atoms with Gasteiger partial charge in [0.25, 0.3) is 0 Å². The van der Waals surface area contributed by atoms with Crippen molar-refractivity contribution >= 4 is 11.6 Å².